The molecule has 0 aliphatic carbocycles. The summed E-state index contributed by atoms with van der Waals surface area (Å²) in [6, 6.07) is 79.2. The average molecular weight is 745 g/mol. The normalized spacial score (nSPS) is 11.5. The van der Waals surface area contributed by atoms with Crippen LogP contribution >= 0.6 is 11.3 Å². The number of rotatable bonds is 7. The van der Waals surface area contributed by atoms with Crippen molar-refractivity contribution in [3.05, 3.63) is 218 Å². The molecular weight excluding hydrogens is 709 g/mol. The maximum atomic E-state index is 2.42. The van der Waals surface area contributed by atoms with Crippen molar-refractivity contribution in [3.8, 4) is 39.1 Å². The number of anilines is 3. The van der Waals surface area contributed by atoms with Crippen molar-refractivity contribution < 1.29 is 0 Å². The maximum absolute atomic E-state index is 2.42. The van der Waals surface area contributed by atoms with Crippen molar-refractivity contribution in [1.82, 2.24) is 4.57 Å². The van der Waals surface area contributed by atoms with Gasteiger partial charge in [0.1, 0.15) is 0 Å². The molecule has 0 N–H and O–H groups in total. The van der Waals surface area contributed by atoms with Crippen LogP contribution in [-0.2, 0) is 0 Å². The van der Waals surface area contributed by atoms with Gasteiger partial charge in [0.15, 0.2) is 0 Å². The third-order valence-corrected chi connectivity index (χ3v) is 12.5. The van der Waals surface area contributed by atoms with E-state index in [2.05, 4.69) is 228 Å². The van der Waals surface area contributed by atoms with Crippen molar-refractivity contribution in [3.63, 3.8) is 0 Å². The molecule has 57 heavy (non-hydrogen) atoms. The molecule has 2 aromatic heterocycles. The molecule has 0 amide bonds. The Bertz CT molecular complexity index is 3160. The Labute approximate surface area is 335 Å². The van der Waals surface area contributed by atoms with Gasteiger partial charge < -0.3 is 9.47 Å². The summed E-state index contributed by atoms with van der Waals surface area (Å²) in [4.78, 5) is 2.41. The molecular formula is C54H36N2S. The lowest BCUT2D eigenvalue weighted by molar-refractivity contribution is 1.15. The van der Waals surface area contributed by atoms with Crippen molar-refractivity contribution in [1.29, 1.82) is 0 Å². The van der Waals surface area contributed by atoms with Crippen LogP contribution in [-0.4, -0.2) is 4.57 Å². The van der Waals surface area contributed by atoms with Crippen LogP contribution in [0.4, 0.5) is 17.1 Å². The molecule has 0 bridgehead atoms. The fourth-order valence-corrected chi connectivity index (χ4v) is 9.94. The minimum atomic E-state index is 1.09. The summed E-state index contributed by atoms with van der Waals surface area (Å²) in [5.74, 6) is 0. The van der Waals surface area contributed by atoms with Crippen molar-refractivity contribution >= 4 is 70.4 Å². The number of benzene rings is 9. The molecule has 3 heteroatoms. The standard InChI is InChI=1S/C54H36N2S/c1-3-15-37(16-4-1)38-29-33-41(34-30-38)55(51-27-11-12-28-52(51)56-49-25-9-7-19-45(49)46-20-8-10-26-50(46)56)42-35-31-40(32-36-42)44-22-14-24-48-47-23-13-21-43(53(47)57-54(44)48)39-17-5-2-6-18-39/h1-36H. The Kier molecular flexibility index (Phi) is 8.04. The van der Waals surface area contributed by atoms with E-state index in [0.29, 0.717) is 0 Å². The second-order valence-corrected chi connectivity index (χ2v) is 15.5. The van der Waals surface area contributed by atoms with Gasteiger partial charge >= 0.3 is 0 Å². The maximum Gasteiger partial charge on any atom is 0.0702 e. The van der Waals surface area contributed by atoms with Gasteiger partial charge in [0.2, 0.25) is 0 Å². The topological polar surface area (TPSA) is 8.17 Å². The number of hydrogen-bond acceptors (Lipinski definition) is 2. The average Bonchev–Trinajstić information content (AvgIpc) is 3.84. The highest BCUT2D eigenvalue weighted by atomic mass is 32.1. The van der Waals surface area contributed by atoms with Crippen molar-refractivity contribution in [2.24, 2.45) is 0 Å². The molecule has 0 unspecified atom stereocenters. The summed E-state index contributed by atoms with van der Waals surface area (Å²) < 4.78 is 5.06. The van der Waals surface area contributed by atoms with Crippen molar-refractivity contribution in [2.75, 3.05) is 4.90 Å². The Hall–Kier alpha value is -7.20. The third kappa shape index (κ3) is 5.63. The minimum Gasteiger partial charge on any atom is -0.308 e. The zero-order valence-corrected chi connectivity index (χ0v) is 31.9. The first-order valence-corrected chi connectivity index (χ1v) is 20.3. The lowest BCUT2D eigenvalue weighted by Crippen LogP contribution is -2.13. The van der Waals surface area contributed by atoms with Crippen molar-refractivity contribution in [2.45, 2.75) is 0 Å². The molecule has 11 rings (SSSR count). The highest BCUT2D eigenvalue weighted by molar-refractivity contribution is 7.26. The predicted molar refractivity (Wildman–Crippen MR) is 245 cm³/mol. The Morgan fingerprint density at radius 1 is 0.316 bits per heavy atom. The molecule has 0 saturated heterocycles. The summed E-state index contributed by atoms with van der Waals surface area (Å²) in [6.07, 6.45) is 0. The fraction of sp³-hybridized carbons (Fsp3) is 0. The van der Waals surface area contributed by atoms with E-state index >= 15 is 0 Å². The number of aromatic nitrogens is 1. The van der Waals surface area contributed by atoms with Gasteiger partial charge in [-0.05, 0) is 81.9 Å². The van der Waals surface area contributed by atoms with E-state index in [-0.39, 0.29) is 0 Å². The van der Waals surface area contributed by atoms with Crippen LogP contribution in [0.1, 0.15) is 0 Å². The SMILES string of the molecule is c1ccc(-c2ccc(N(c3ccc(-c4cccc5c4sc4c(-c6ccccc6)cccc45)cc3)c3ccccc3-n3c4ccccc4c4ccccc43)cc2)cc1. The summed E-state index contributed by atoms with van der Waals surface area (Å²) in [6.45, 7) is 0. The smallest absolute Gasteiger partial charge is 0.0702 e. The van der Waals surface area contributed by atoms with Gasteiger partial charge in [-0.25, -0.2) is 0 Å². The first kappa shape index (κ1) is 33.2. The molecule has 2 heterocycles. The van der Waals surface area contributed by atoms with Crippen LogP contribution in [0.15, 0.2) is 218 Å². The quantitative estimate of drug-likeness (QED) is 0.158. The number of nitrogens with zero attached hydrogens (tertiary/aromatic N) is 2. The summed E-state index contributed by atoms with van der Waals surface area (Å²) in [5.41, 5.74) is 14.2. The van der Waals surface area contributed by atoms with E-state index < -0.39 is 0 Å². The summed E-state index contributed by atoms with van der Waals surface area (Å²) >= 11 is 1.90. The molecule has 2 nitrogen and oxygen atoms in total. The Morgan fingerprint density at radius 3 is 1.32 bits per heavy atom. The first-order chi connectivity index (χ1) is 28.3. The fourth-order valence-electron chi connectivity index (χ4n) is 8.57. The zero-order valence-electron chi connectivity index (χ0n) is 31.1. The van der Waals surface area contributed by atoms with Crippen LogP contribution in [0.2, 0.25) is 0 Å². The largest absolute Gasteiger partial charge is 0.308 e. The summed E-state index contributed by atoms with van der Waals surface area (Å²) in [7, 11) is 0. The molecule has 0 aliphatic rings. The highest BCUT2D eigenvalue weighted by Crippen LogP contribution is 2.46. The molecule has 0 spiro atoms. The predicted octanol–water partition coefficient (Wildman–Crippen LogP) is 15.6. The molecule has 0 aliphatic heterocycles. The van der Waals surface area contributed by atoms with E-state index in [4.69, 9.17) is 0 Å². The molecule has 9 aromatic carbocycles. The van der Waals surface area contributed by atoms with Crippen LogP contribution in [0.25, 0.3) is 81.0 Å². The van der Waals surface area contributed by atoms with E-state index in [0.717, 1.165) is 22.7 Å². The molecule has 0 atom stereocenters. The third-order valence-electron chi connectivity index (χ3n) is 11.2. The molecule has 0 radical (unpaired) electrons. The van der Waals surface area contributed by atoms with Crippen LogP contribution in [0.3, 0.4) is 0 Å². The lowest BCUT2D eigenvalue weighted by Gasteiger charge is -2.28. The first-order valence-electron chi connectivity index (χ1n) is 19.4. The number of para-hydroxylation sites is 4. The lowest BCUT2D eigenvalue weighted by atomic mass is 10.00. The van der Waals surface area contributed by atoms with E-state index in [1.54, 1.807) is 0 Å². The van der Waals surface area contributed by atoms with Gasteiger partial charge in [0.25, 0.3) is 0 Å². The molecule has 11 aromatic rings. The van der Waals surface area contributed by atoms with Crippen LogP contribution in [0, 0.1) is 0 Å². The van der Waals surface area contributed by atoms with E-state index in [1.807, 2.05) is 11.3 Å². The van der Waals surface area contributed by atoms with Gasteiger partial charge in [0.05, 0.1) is 22.4 Å². The molecule has 0 fully saturated rings. The Balaban J connectivity index is 1.07. The van der Waals surface area contributed by atoms with Gasteiger partial charge in [-0.3, -0.25) is 0 Å². The number of thiophene rings is 1. The Morgan fingerprint density at radius 2 is 0.737 bits per heavy atom. The highest BCUT2D eigenvalue weighted by Gasteiger charge is 2.21. The van der Waals surface area contributed by atoms with Gasteiger partial charge in [-0.2, -0.15) is 0 Å². The van der Waals surface area contributed by atoms with E-state index in [9.17, 15) is 0 Å². The molecule has 268 valence electrons. The van der Waals surface area contributed by atoms with Gasteiger partial charge in [-0.15, -0.1) is 11.3 Å². The monoisotopic (exact) mass is 744 g/mol. The summed E-state index contributed by atoms with van der Waals surface area (Å²) in [5, 5.41) is 5.10. The minimum absolute atomic E-state index is 1.09. The number of fused-ring (bicyclic) bond motifs is 6. The van der Waals surface area contributed by atoms with Crippen LogP contribution in [0.5, 0.6) is 0 Å². The van der Waals surface area contributed by atoms with E-state index in [1.165, 1.54) is 75.4 Å². The van der Waals surface area contributed by atoms with Gasteiger partial charge in [0, 0.05) is 42.3 Å². The van der Waals surface area contributed by atoms with Crippen LogP contribution < -0.4 is 4.90 Å². The zero-order chi connectivity index (χ0) is 37.7. The number of hydrogen-bond donors (Lipinski definition) is 0. The van der Waals surface area contributed by atoms with Gasteiger partial charge in [-0.1, -0.05) is 170 Å². The second-order valence-electron chi connectivity index (χ2n) is 14.5. The second kappa shape index (κ2) is 13.8. The molecule has 0 saturated carbocycles.